The monoisotopic (exact) mass is 338 g/mol. The summed E-state index contributed by atoms with van der Waals surface area (Å²) >= 11 is 0. The predicted octanol–water partition coefficient (Wildman–Crippen LogP) is 6.10. The minimum absolute atomic E-state index is 0.0191. The molecule has 0 saturated heterocycles. The summed E-state index contributed by atoms with van der Waals surface area (Å²) in [5, 5.41) is 0. The van der Waals surface area contributed by atoms with Crippen LogP contribution in [0.5, 0.6) is 0 Å². The van der Waals surface area contributed by atoms with Crippen LogP contribution in [0.4, 0.5) is 13.2 Å². The molecule has 2 aromatic rings. The Morgan fingerprint density at radius 1 is 0.792 bits per heavy atom. The van der Waals surface area contributed by atoms with E-state index in [4.69, 9.17) is 0 Å². The number of rotatable bonds is 1. The molecule has 3 rings (SSSR count). The van der Waals surface area contributed by atoms with Crippen molar-refractivity contribution in [2.75, 3.05) is 14.2 Å². The molecule has 132 valence electrons. The SMILES string of the molecule is COC.Fc1cccc(F)c1.Fc1ccccc1C1CCCCC1. The summed E-state index contributed by atoms with van der Waals surface area (Å²) in [6.45, 7) is 0. The van der Waals surface area contributed by atoms with Crippen molar-refractivity contribution in [3.63, 3.8) is 0 Å². The van der Waals surface area contributed by atoms with Gasteiger partial charge in [0.15, 0.2) is 0 Å². The first-order chi connectivity index (χ1) is 11.6. The number of halogens is 3. The normalized spacial score (nSPS) is 14.0. The third-order valence-corrected chi connectivity index (χ3v) is 3.74. The average Bonchev–Trinajstić information content (AvgIpc) is 2.57. The highest BCUT2D eigenvalue weighted by atomic mass is 19.1. The van der Waals surface area contributed by atoms with Crippen molar-refractivity contribution >= 4 is 0 Å². The molecule has 1 saturated carbocycles. The smallest absolute Gasteiger partial charge is 0.126 e. The minimum Gasteiger partial charge on any atom is -0.388 e. The maximum Gasteiger partial charge on any atom is 0.126 e. The van der Waals surface area contributed by atoms with Gasteiger partial charge in [-0.25, -0.2) is 13.2 Å². The molecular weight excluding hydrogens is 313 g/mol. The maximum absolute atomic E-state index is 13.4. The van der Waals surface area contributed by atoms with Gasteiger partial charge in [-0.15, -0.1) is 0 Å². The molecule has 0 atom stereocenters. The lowest BCUT2D eigenvalue weighted by atomic mass is 9.84. The van der Waals surface area contributed by atoms with Gasteiger partial charge in [0, 0.05) is 20.3 Å². The average molecular weight is 338 g/mol. The van der Waals surface area contributed by atoms with Crippen molar-refractivity contribution in [2.45, 2.75) is 38.0 Å². The van der Waals surface area contributed by atoms with Crippen molar-refractivity contribution < 1.29 is 17.9 Å². The molecule has 0 N–H and O–H groups in total. The standard InChI is InChI=1S/C12H15F.C6H4F2.C2H6O/c13-12-9-5-4-8-11(12)10-6-2-1-3-7-10;7-5-2-1-3-6(8)4-5;1-3-2/h4-5,8-10H,1-3,6-7H2;1-4H;1-2H3. The Morgan fingerprint density at radius 3 is 1.79 bits per heavy atom. The maximum atomic E-state index is 13.4. The summed E-state index contributed by atoms with van der Waals surface area (Å²) in [6.07, 6.45) is 6.19. The van der Waals surface area contributed by atoms with E-state index in [0.717, 1.165) is 11.6 Å². The number of methoxy groups -OCH3 is 1. The van der Waals surface area contributed by atoms with Gasteiger partial charge in [-0.05, 0) is 42.5 Å². The first-order valence-corrected chi connectivity index (χ1v) is 8.14. The molecule has 1 fully saturated rings. The van der Waals surface area contributed by atoms with Crippen LogP contribution in [0.1, 0.15) is 43.6 Å². The summed E-state index contributed by atoms with van der Waals surface area (Å²) in [5.74, 6) is -0.612. The Balaban J connectivity index is 0.000000224. The summed E-state index contributed by atoms with van der Waals surface area (Å²) in [4.78, 5) is 0. The largest absolute Gasteiger partial charge is 0.388 e. The van der Waals surface area contributed by atoms with Crippen molar-refractivity contribution in [3.05, 3.63) is 71.5 Å². The first kappa shape index (κ1) is 20.2. The molecule has 0 aliphatic heterocycles. The molecule has 1 aliphatic carbocycles. The van der Waals surface area contributed by atoms with Crippen molar-refractivity contribution in [2.24, 2.45) is 0 Å². The van der Waals surface area contributed by atoms with Crippen LogP contribution in [-0.4, -0.2) is 14.2 Å². The second-order valence-electron chi connectivity index (χ2n) is 5.70. The van der Waals surface area contributed by atoms with E-state index in [9.17, 15) is 13.2 Å². The van der Waals surface area contributed by atoms with Gasteiger partial charge < -0.3 is 4.74 Å². The van der Waals surface area contributed by atoms with Crippen LogP contribution >= 0.6 is 0 Å². The zero-order chi connectivity index (χ0) is 17.8. The quantitative estimate of drug-likeness (QED) is 0.610. The summed E-state index contributed by atoms with van der Waals surface area (Å²) in [7, 11) is 3.25. The van der Waals surface area contributed by atoms with Crippen LogP contribution < -0.4 is 0 Å². The number of hydrogen-bond acceptors (Lipinski definition) is 1. The van der Waals surface area contributed by atoms with Crippen molar-refractivity contribution in [1.29, 1.82) is 0 Å². The number of benzene rings is 2. The summed E-state index contributed by atoms with van der Waals surface area (Å²) in [6, 6.07) is 11.8. The van der Waals surface area contributed by atoms with E-state index < -0.39 is 11.6 Å². The Labute approximate surface area is 142 Å². The first-order valence-electron chi connectivity index (χ1n) is 8.14. The van der Waals surface area contributed by atoms with E-state index in [1.54, 1.807) is 26.4 Å². The fourth-order valence-corrected chi connectivity index (χ4v) is 2.68. The lowest BCUT2D eigenvalue weighted by molar-refractivity contribution is 0.277. The van der Waals surface area contributed by atoms with Crippen molar-refractivity contribution in [1.82, 2.24) is 0 Å². The highest BCUT2D eigenvalue weighted by molar-refractivity contribution is 5.21. The van der Waals surface area contributed by atoms with E-state index >= 15 is 0 Å². The van der Waals surface area contributed by atoms with Gasteiger partial charge in [0.2, 0.25) is 0 Å². The lowest BCUT2D eigenvalue weighted by Gasteiger charge is -2.22. The molecule has 2 aromatic carbocycles. The van der Waals surface area contributed by atoms with Crippen LogP contribution in [0.2, 0.25) is 0 Å². The zero-order valence-electron chi connectivity index (χ0n) is 14.3. The van der Waals surface area contributed by atoms with Gasteiger partial charge in [-0.3, -0.25) is 0 Å². The van der Waals surface area contributed by atoms with Gasteiger partial charge in [0.1, 0.15) is 17.5 Å². The Kier molecular flexibility index (Phi) is 9.85. The van der Waals surface area contributed by atoms with E-state index in [0.29, 0.717) is 5.92 Å². The van der Waals surface area contributed by atoms with Crippen LogP contribution in [0, 0.1) is 17.5 Å². The van der Waals surface area contributed by atoms with Crippen molar-refractivity contribution in [3.8, 4) is 0 Å². The molecule has 0 aromatic heterocycles. The fourth-order valence-electron chi connectivity index (χ4n) is 2.68. The minimum atomic E-state index is -0.537. The molecule has 0 radical (unpaired) electrons. The molecule has 1 nitrogen and oxygen atoms in total. The summed E-state index contributed by atoms with van der Waals surface area (Å²) in [5.41, 5.74) is 0.933. The Morgan fingerprint density at radius 2 is 1.33 bits per heavy atom. The third kappa shape index (κ3) is 7.64. The van der Waals surface area contributed by atoms with E-state index in [1.165, 1.54) is 50.3 Å². The van der Waals surface area contributed by atoms with Gasteiger partial charge >= 0.3 is 0 Å². The van der Waals surface area contributed by atoms with Crippen LogP contribution in [0.15, 0.2) is 48.5 Å². The van der Waals surface area contributed by atoms with E-state index in [2.05, 4.69) is 4.74 Å². The zero-order valence-corrected chi connectivity index (χ0v) is 14.3. The topological polar surface area (TPSA) is 9.23 Å². The van der Waals surface area contributed by atoms with E-state index in [1.807, 2.05) is 12.1 Å². The number of ether oxygens (including phenoxy) is 1. The molecule has 0 spiro atoms. The molecule has 1 aliphatic rings. The van der Waals surface area contributed by atoms with Crippen LogP contribution in [0.3, 0.4) is 0 Å². The number of hydrogen-bond donors (Lipinski definition) is 0. The molecule has 24 heavy (non-hydrogen) atoms. The third-order valence-electron chi connectivity index (χ3n) is 3.74. The molecular formula is C20H25F3O. The Bertz CT molecular complexity index is 563. The second-order valence-corrected chi connectivity index (χ2v) is 5.70. The predicted molar refractivity (Wildman–Crippen MR) is 91.5 cm³/mol. The fraction of sp³-hybridized carbons (Fsp3) is 0.400. The lowest BCUT2D eigenvalue weighted by Crippen LogP contribution is -2.06. The highest BCUT2D eigenvalue weighted by Gasteiger charge is 2.17. The highest BCUT2D eigenvalue weighted by Crippen LogP contribution is 2.33. The Hall–Kier alpha value is -1.81. The van der Waals surface area contributed by atoms with Crippen LogP contribution in [0.25, 0.3) is 0 Å². The van der Waals surface area contributed by atoms with Gasteiger partial charge in [0.25, 0.3) is 0 Å². The molecule has 4 heteroatoms. The van der Waals surface area contributed by atoms with E-state index in [-0.39, 0.29) is 5.82 Å². The summed E-state index contributed by atoms with van der Waals surface area (Å²) < 4.78 is 41.5. The second kappa shape index (κ2) is 11.7. The molecule has 0 unspecified atom stereocenters. The van der Waals surface area contributed by atoms with Gasteiger partial charge in [-0.1, -0.05) is 43.5 Å². The van der Waals surface area contributed by atoms with Crippen LogP contribution in [-0.2, 0) is 4.74 Å². The molecule has 0 bridgehead atoms. The molecule has 0 amide bonds. The van der Waals surface area contributed by atoms with Gasteiger partial charge in [-0.2, -0.15) is 0 Å². The van der Waals surface area contributed by atoms with Gasteiger partial charge in [0.05, 0.1) is 0 Å². The molecule has 0 heterocycles.